The van der Waals surface area contributed by atoms with Gasteiger partial charge in [-0.05, 0) is 34.1 Å². The smallest absolute Gasteiger partial charge is 0.107 e. The minimum Gasteiger partial charge on any atom is -0.344 e. The molecule has 0 radical (unpaired) electrons. The zero-order chi connectivity index (χ0) is 12.0. The third-order valence-corrected chi connectivity index (χ3v) is 2.58. The van der Waals surface area contributed by atoms with Gasteiger partial charge in [-0.25, -0.2) is 0 Å². The van der Waals surface area contributed by atoms with Crippen LogP contribution < -0.4 is 4.90 Å². The molecule has 0 spiro atoms. The Balaban J connectivity index is 3.08. The van der Waals surface area contributed by atoms with E-state index in [1.54, 1.807) is 23.1 Å². The van der Waals surface area contributed by atoms with E-state index >= 15 is 0 Å². The second-order valence-corrected chi connectivity index (χ2v) is 3.80. The normalized spacial score (nSPS) is 8.62. The van der Waals surface area contributed by atoms with Crippen LogP contribution in [-0.4, -0.2) is 13.1 Å². The molecular weight excluding hydrogens is 268 g/mol. The summed E-state index contributed by atoms with van der Waals surface area (Å²) in [6, 6.07) is 11.0. The van der Waals surface area contributed by atoms with Gasteiger partial charge in [-0.2, -0.15) is 15.8 Å². The first-order valence-electron chi connectivity index (χ1n) is 4.41. The van der Waals surface area contributed by atoms with Gasteiger partial charge in [-0.3, -0.25) is 0 Å². The van der Waals surface area contributed by atoms with E-state index < -0.39 is 0 Å². The topological polar surface area (TPSA) is 74.6 Å². The third kappa shape index (κ3) is 2.73. The van der Waals surface area contributed by atoms with E-state index in [0.29, 0.717) is 10.0 Å². The quantitative estimate of drug-likeness (QED) is 0.792. The van der Waals surface area contributed by atoms with Gasteiger partial charge in [-0.15, -0.1) is 0 Å². The van der Waals surface area contributed by atoms with Crippen LogP contribution in [0.4, 0.5) is 5.69 Å². The Hall–Kier alpha value is -2.03. The van der Waals surface area contributed by atoms with Gasteiger partial charge >= 0.3 is 0 Å². The van der Waals surface area contributed by atoms with Gasteiger partial charge in [-0.1, -0.05) is 0 Å². The van der Waals surface area contributed by atoms with Crippen molar-refractivity contribution in [2.45, 2.75) is 0 Å². The number of nitrogens with zero attached hydrogens (tertiary/aromatic N) is 4. The molecule has 16 heavy (non-hydrogen) atoms. The fraction of sp³-hybridized carbons (Fsp3) is 0.182. The van der Waals surface area contributed by atoms with Crippen LogP contribution in [0, 0.1) is 34.0 Å². The first kappa shape index (κ1) is 12.0. The van der Waals surface area contributed by atoms with Crippen molar-refractivity contribution in [2.24, 2.45) is 0 Å². The maximum absolute atomic E-state index is 8.71. The molecule has 0 unspecified atom stereocenters. The van der Waals surface area contributed by atoms with Crippen LogP contribution in [0.1, 0.15) is 5.56 Å². The molecule has 1 rings (SSSR count). The highest BCUT2D eigenvalue weighted by Gasteiger charge is 2.09. The third-order valence-electron chi connectivity index (χ3n) is 1.94. The average Bonchev–Trinajstić information content (AvgIpc) is 2.29. The fourth-order valence-corrected chi connectivity index (χ4v) is 1.86. The molecule has 0 atom stereocenters. The number of anilines is 1. The zero-order valence-electron chi connectivity index (χ0n) is 8.31. The van der Waals surface area contributed by atoms with E-state index in [9.17, 15) is 0 Å². The Kier molecular flexibility index (Phi) is 4.33. The van der Waals surface area contributed by atoms with Crippen LogP contribution in [0.25, 0.3) is 0 Å². The van der Waals surface area contributed by atoms with E-state index in [4.69, 9.17) is 15.8 Å². The summed E-state index contributed by atoms with van der Waals surface area (Å²) in [5, 5.41) is 26.0. The number of hydrogen-bond acceptors (Lipinski definition) is 4. The molecule has 4 nitrogen and oxygen atoms in total. The van der Waals surface area contributed by atoms with Crippen molar-refractivity contribution < 1.29 is 0 Å². The molecule has 0 aliphatic rings. The Morgan fingerprint density at radius 3 is 2.19 bits per heavy atom. The van der Waals surface area contributed by atoms with Gasteiger partial charge < -0.3 is 4.90 Å². The molecule has 0 N–H and O–H groups in total. The van der Waals surface area contributed by atoms with Crippen molar-refractivity contribution in [3.8, 4) is 18.2 Å². The van der Waals surface area contributed by atoms with Crippen LogP contribution in [0.15, 0.2) is 22.7 Å². The highest BCUT2D eigenvalue weighted by Crippen LogP contribution is 2.26. The molecule has 0 heterocycles. The highest BCUT2D eigenvalue weighted by atomic mass is 79.9. The lowest BCUT2D eigenvalue weighted by atomic mass is 10.2. The van der Waals surface area contributed by atoms with Crippen LogP contribution in [0.3, 0.4) is 0 Å². The summed E-state index contributed by atoms with van der Waals surface area (Å²) in [4.78, 5) is 1.63. The molecule has 0 fully saturated rings. The summed E-state index contributed by atoms with van der Waals surface area (Å²) >= 11 is 3.32. The van der Waals surface area contributed by atoms with Crippen LogP contribution in [0.5, 0.6) is 0 Å². The second-order valence-electron chi connectivity index (χ2n) is 2.95. The first-order chi connectivity index (χ1) is 7.72. The van der Waals surface area contributed by atoms with Crippen molar-refractivity contribution >= 4 is 21.6 Å². The summed E-state index contributed by atoms with van der Waals surface area (Å²) in [7, 11) is 0. The molecular formula is C11H7BrN4. The Bertz CT molecular complexity index is 488. The summed E-state index contributed by atoms with van der Waals surface area (Å²) in [6.07, 6.45) is 0. The van der Waals surface area contributed by atoms with Crippen molar-refractivity contribution in [3.05, 3.63) is 28.2 Å². The monoisotopic (exact) mass is 274 g/mol. The highest BCUT2D eigenvalue weighted by molar-refractivity contribution is 9.10. The van der Waals surface area contributed by atoms with E-state index in [1.165, 1.54) is 0 Å². The van der Waals surface area contributed by atoms with Crippen LogP contribution >= 0.6 is 15.9 Å². The Labute approximate surface area is 102 Å². The van der Waals surface area contributed by atoms with Crippen molar-refractivity contribution in [3.63, 3.8) is 0 Å². The van der Waals surface area contributed by atoms with Crippen LogP contribution in [-0.2, 0) is 0 Å². The van der Waals surface area contributed by atoms with Crippen LogP contribution in [0.2, 0.25) is 0 Å². The molecule has 1 aromatic rings. The van der Waals surface area contributed by atoms with Crippen molar-refractivity contribution in [2.75, 3.05) is 18.0 Å². The Morgan fingerprint density at radius 1 is 1.12 bits per heavy atom. The molecule has 0 amide bonds. The van der Waals surface area contributed by atoms with E-state index in [0.717, 1.165) is 5.69 Å². The summed E-state index contributed by atoms with van der Waals surface area (Å²) < 4.78 is 0.706. The van der Waals surface area contributed by atoms with Crippen molar-refractivity contribution in [1.82, 2.24) is 0 Å². The van der Waals surface area contributed by atoms with Crippen molar-refractivity contribution in [1.29, 1.82) is 15.8 Å². The summed E-state index contributed by atoms with van der Waals surface area (Å²) in [5.74, 6) is 0. The zero-order valence-corrected chi connectivity index (χ0v) is 9.90. The van der Waals surface area contributed by atoms with Gasteiger partial charge in [0.05, 0.1) is 29.5 Å². The lowest BCUT2D eigenvalue weighted by Gasteiger charge is -2.19. The van der Waals surface area contributed by atoms with Gasteiger partial charge in [0.1, 0.15) is 13.1 Å². The number of benzene rings is 1. The molecule has 0 saturated carbocycles. The number of halogens is 1. The van der Waals surface area contributed by atoms with E-state index in [-0.39, 0.29) is 13.1 Å². The number of nitriles is 3. The molecule has 1 aromatic carbocycles. The maximum Gasteiger partial charge on any atom is 0.107 e. The van der Waals surface area contributed by atoms with E-state index in [2.05, 4.69) is 15.9 Å². The minimum atomic E-state index is 0.137. The first-order valence-corrected chi connectivity index (χ1v) is 5.20. The summed E-state index contributed by atoms with van der Waals surface area (Å²) in [6.45, 7) is 0.274. The standard InChI is InChI=1S/C11H7BrN4/c12-10-7-9(8-15)1-2-11(10)16(5-3-13)6-4-14/h1-2,7H,5-6H2. The SMILES string of the molecule is N#CCN(CC#N)c1ccc(C#N)cc1Br. The molecule has 0 aliphatic carbocycles. The Morgan fingerprint density at radius 2 is 1.75 bits per heavy atom. The second kappa shape index (κ2) is 5.75. The average molecular weight is 275 g/mol. The van der Waals surface area contributed by atoms with Gasteiger partial charge in [0.2, 0.25) is 0 Å². The minimum absolute atomic E-state index is 0.137. The molecule has 0 bridgehead atoms. The molecule has 0 aromatic heterocycles. The molecule has 5 heteroatoms. The largest absolute Gasteiger partial charge is 0.344 e. The van der Waals surface area contributed by atoms with E-state index in [1.807, 2.05) is 18.2 Å². The lowest BCUT2D eigenvalue weighted by Crippen LogP contribution is -2.24. The fourth-order valence-electron chi connectivity index (χ4n) is 1.23. The molecule has 0 aliphatic heterocycles. The molecule has 0 saturated heterocycles. The predicted octanol–water partition coefficient (Wildman–Crippen LogP) is 2.17. The maximum atomic E-state index is 8.71. The number of rotatable bonds is 3. The predicted molar refractivity (Wildman–Crippen MR) is 62.3 cm³/mol. The lowest BCUT2D eigenvalue weighted by molar-refractivity contribution is 0.962. The molecule has 78 valence electrons. The van der Waals surface area contributed by atoms with Gasteiger partial charge in [0.15, 0.2) is 0 Å². The number of hydrogen-bond donors (Lipinski definition) is 0. The van der Waals surface area contributed by atoms with Gasteiger partial charge in [0, 0.05) is 4.47 Å². The van der Waals surface area contributed by atoms with Gasteiger partial charge in [0.25, 0.3) is 0 Å². The summed E-state index contributed by atoms with van der Waals surface area (Å²) in [5.41, 5.74) is 1.27.